The molecule has 0 heterocycles. The zero-order chi connectivity index (χ0) is 24.8. The van der Waals surface area contributed by atoms with Gasteiger partial charge < -0.3 is 0 Å². The van der Waals surface area contributed by atoms with E-state index in [1.807, 2.05) is 0 Å². The SMILES string of the molecule is Cc1cc(C)cc(C(C2=CC(C(C)(C)C)=CC2)(c2cc(C)cc(C)c2)c2cc(C)cc(C)c2)c1. The van der Waals surface area contributed by atoms with Crippen molar-refractivity contribution in [3.05, 3.63) is 128 Å². The predicted molar refractivity (Wildman–Crippen MR) is 148 cm³/mol. The Kier molecular flexibility index (Phi) is 6.23. The minimum absolute atomic E-state index is 0.126. The van der Waals surface area contributed by atoms with Gasteiger partial charge in [0.15, 0.2) is 0 Å². The summed E-state index contributed by atoms with van der Waals surface area (Å²) in [6, 6.07) is 21.4. The third-order valence-electron chi connectivity index (χ3n) is 7.18. The van der Waals surface area contributed by atoms with Crippen molar-refractivity contribution in [2.45, 2.75) is 74.1 Å². The summed E-state index contributed by atoms with van der Waals surface area (Å²) in [6.45, 7) is 20.3. The van der Waals surface area contributed by atoms with Crippen LogP contribution in [0.2, 0.25) is 0 Å². The maximum atomic E-state index is 2.51. The Hall–Kier alpha value is -2.86. The van der Waals surface area contributed by atoms with Crippen LogP contribution in [0, 0.1) is 47.0 Å². The lowest BCUT2D eigenvalue weighted by Crippen LogP contribution is -2.32. The lowest BCUT2D eigenvalue weighted by Gasteiger charge is -2.39. The second-order valence-corrected chi connectivity index (χ2v) is 11.7. The van der Waals surface area contributed by atoms with Crippen molar-refractivity contribution in [1.82, 2.24) is 0 Å². The second-order valence-electron chi connectivity index (χ2n) is 11.7. The summed E-state index contributed by atoms with van der Waals surface area (Å²) < 4.78 is 0. The van der Waals surface area contributed by atoms with Crippen molar-refractivity contribution in [3.8, 4) is 0 Å². The lowest BCUT2D eigenvalue weighted by molar-refractivity contribution is 0.517. The molecule has 0 unspecified atom stereocenters. The van der Waals surface area contributed by atoms with Crippen LogP contribution >= 0.6 is 0 Å². The van der Waals surface area contributed by atoms with E-state index in [2.05, 4.69) is 129 Å². The van der Waals surface area contributed by atoms with Crippen LogP contribution in [0.25, 0.3) is 0 Å². The largest absolute Gasteiger partial charge is 0.0766 e. The maximum Gasteiger partial charge on any atom is 0.0668 e. The molecule has 3 aromatic rings. The molecule has 34 heavy (non-hydrogen) atoms. The Morgan fingerprint density at radius 3 is 1.09 bits per heavy atom. The Labute approximate surface area is 207 Å². The van der Waals surface area contributed by atoms with Gasteiger partial charge in [0.1, 0.15) is 0 Å². The van der Waals surface area contributed by atoms with Gasteiger partial charge in [-0.25, -0.2) is 0 Å². The summed E-state index contributed by atoms with van der Waals surface area (Å²) in [4.78, 5) is 0. The van der Waals surface area contributed by atoms with Crippen molar-refractivity contribution in [1.29, 1.82) is 0 Å². The molecule has 0 saturated carbocycles. The van der Waals surface area contributed by atoms with E-state index in [1.54, 1.807) is 0 Å². The Balaban J connectivity index is 2.18. The average Bonchev–Trinajstić information content (AvgIpc) is 3.17. The van der Waals surface area contributed by atoms with Gasteiger partial charge in [0.2, 0.25) is 0 Å². The van der Waals surface area contributed by atoms with Gasteiger partial charge in [0.05, 0.1) is 5.41 Å². The average molecular weight is 449 g/mol. The van der Waals surface area contributed by atoms with E-state index in [0.717, 1.165) is 6.42 Å². The molecule has 0 saturated heterocycles. The van der Waals surface area contributed by atoms with Crippen LogP contribution in [0.5, 0.6) is 0 Å². The van der Waals surface area contributed by atoms with E-state index in [9.17, 15) is 0 Å². The van der Waals surface area contributed by atoms with Gasteiger partial charge in [-0.3, -0.25) is 0 Å². The summed E-state index contributed by atoms with van der Waals surface area (Å²) in [5.41, 5.74) is 14.7. The molecule has 0 amide bonds. The predicted octanol–water partition coefficient (Wildman–Crippen LogP) is 9.17. The number of aryl methyl sites for hydroxylation is 6. The number of hydrogen-bond donors (Lipinski definition) is 0. The standard InChI is InChI=1S/C34H40/c1-22-12-23(2)16-30(15-22)34(31-17-24(3)13-25(4)18-31,32-19-26(5)14-27(6)20-32)29-11-10-28(21-29)33(7,8)9/h10,12-21H,11H2,1-9H3. The molecule has 0 bridgehead atoms. The molecule has 3 aromatic carbocycles. The molecule has 0 N–H and O–H groups in total. The number of hydrogen-bond acceptors (Lipinski definition) is 0. The topological polar surface area (TPSA) is 0 Å². The highest BCUT2D eigenvalue weighted by molar-refractivity contribution is 5.64. The minimum atomic E-state index is -0.339. The Morgan fingerprint density at radius 2 is 0.824 bits per heavy atom. The van der Waals surface area contributed by atoms with Crippen LogP contribution in [0.15, 0.2) is 77.9 Å². The minimum Gasteiger partial charge on any atom is -0.0766 e. The third-order valence-corrected chi connectivity index (χ3v) is 7.18. The molecule has 0 radical (unpaired) electrons. The molecule has 0 nitrogen and oxygen atoms in total. The highest BCUT2D eigenvalue weighted by atomic mass is 14.4. The molecular formula is C34H40. The van der Waals surface area contributed by atoms with Gasteiger partial charge in [-0.05, 0) is 81.2 Å². The molecule has 1 aliphatic rings. The summed E-state index contributed by atoms with van der Waals surface area (Å²) >= 11 is 0. The van der Waals surface area contributed by atoms with Crippen molar-refractivity contribution in [2.24, 2.45) is 5.41 Å². The van der Waals surface area contributed by atoms with Crippen LogP contribution < -0.4 is 0 Å². The van der Waals surface area contributed by atoms with Gasteiger partial charge in [-0.15, -0.1) is 0 Å². The number of benzene rings is 3. The van der Waals surface area contributed by atoms with Crippen LogP contribution in [0.3, 0.4) is 0 Å². The zero-order valence-corrected chi connectivity index (χ0v) is 22.6. The molecule has 0 spiro atoms. The van der Waals surface area contributed by atoms with Gasteiger partial charge in [-0.1, -0.05) is 121 Å². The fourth-order valence-corrected chi connectivity index (χ4v) is 5.94. The molecular weight excluding hydrogens is 408 g/mol. The van der Waals surface area contributed by atoms with Crippen LogP contribution in [-0.4, -0.2) is 0 Å². The van der Waals surface area contributed by atoms with Crippen LogP contribution in [-0.2, 0) is 5.41 Å². The van der Waals surface area contributed by atoms with Gasteiger partial charge in [0, 0.05) is 0 Å². The van der Waals surface area contributed by atoms with E-state index >= 15 is 0 Å². The monoisotopic (exact) mass is 448 g/mol. The highest BCUT2D eigenvalue weighted by Crippen LogP contribution is 2.51. The fourth-order valence-electron chi connectivity index (χ4n) is 5.94. The fraction of sp³-hybridized carbons (Fsp3) is 0.353. The summed E-state index contributed by atoms with van der Waals surface area (Å²) in [5.74, 6) is 0. The first kappa shape index (κ1) is 24.3. The normalized spacial score (nSPS) is 14.3. The third kappa shape index (κ3) is 4.43. The first-order valence-corrected chi connectivity index (χ1v) is 12.6. The van der Waals surface area contributed by atoms with E-state index in [-0.39, 0.29) is 10.8 Å². The first-order chi connectivity index (χ1) is 15.9. The Morgan fingerprint density at radius 1 is 0.500 bits per heavy atom. The highest BCUT2D eigenvalue weighted by Gasteiger charge is 2.42. The van der Waals surface area contributed by atoms with Crippen molar-refractivity contribution in [2.75, 3.05) is 0 Å². The van der Waals surface area contributed by atoms with Crippen molar-refractivity contribution >= 4 is 0 Å². The molecule has 0 aliphatic heterocycles. The number of allylic oxidation sites excluding steroid dienone is 4. The molecule has 0 fully saturated rings. The van der Waals surface area contributed by atoms with E-state index in [1.165, 1.54) is 61.2 Å². The van der Waals surface area contributed by atoms with Crippen LogP contribution in [0.4, 0.5) is 0 Å². The van der Waals surface area contributed by atoms with Gasteiger partial charge >= 0.3 is 0 Å². The summed E-state index contributed by atoms with van der Waals surface area (Å²) in [6.07, 6.45) is 5.94. The number of rotatable bonds is 4. The summed E-state index contributed by atoms with van der Waals surface area (Å²) in [5, 5.41) is 0. The molecule has 176 valence electrons. The molecule has 0 aromatic heterocycles. The van der Waals surface area contributed by atoms with Gasteiger partial charge in [-0.2, -0.15) is 0 Å². The Bertz CT molecular complexity index is 1120. The van der Waals surface area contributed by atoms with E-state index < -0.39 is 0 Å². The smallest absolute Gasteiger partial charge is 0.0668 e. The maximum absolute atomic E-state index is 2.51. The molecule has 1 aliphatic carbocycles. The summed E-state index contributed by atoms with van der Waals surface area (Å²) in [7, 11) is 0. The zero-order valence-electron chi connectivity index (χ0n) is 22.6. The van der Waals surface area contributed by atoms with Gasteiger partial charge in [0.25, 0.3) is 0 Å². The molecule has 0 atom stereocenters. The van der Waals surface area contributed by atoms with E-state index in [0.29, 0.717) is 0 Å². The van der Waals surface area contributed by atoms with Crippen LogP contribution in [0.1, 0.15) is 77.3 Å². The van der Waals surface area contributed by atoms with Crippen molar-refractivity contribution < 1.29 is 0 Å². The quantitative estimate of drug-likeness (QED) is 0.349. The first-order valence-electron chi connectivity index (χ1n) is 12.6. The lowest BCUT2D eigenvalue weighted by atomic mass is 9.63. The molecule has 0 heteroatoms. The second kappa shape index (κ2) is 8.73. The molecule has 4 rings (SSSR count). The van der Waals surface area contributed by atoms with Crippen molar-refractivity contribution in [3.63, 3.8) is 0 Å². The van der Waals surface area contributed by atoms with E-state index in [4.69, 9.17) is 0 Å².